The maximum atomic E-state index is 12.8. The molecule has 1 aromatic carbocycles. The second kappa shape index (κ2) is 8.29. The number of ether oxygens (including phenoxy) is 3. The van der Waals surface area contributed by atoms with Crippen LogP contribution in [0.5, 0.6) is 5.75 Å². The van der Waals surface area contributed by atoms with Gasteiger partial charge in [-0.15, -0.1) is 0 Å². The highest BCUT2D eigenvalue weighted by molar-refractivity contribution is 5.94. The van der Waals surface area contributed by atoms with Crippen LogP contribution in [0.3, 0.4) is 0 Å². The average molecular weight is 453 g/mol. The second-order valence-corrected chi connectivity index (χ2v) is 9.96. The summed E-state index contributed by atoms with van der Waals surface area (Å²) < 4.78 is 19.0. The Kier molecular flexibility index (Phi) is 5.57. The van der Waals surface area contributed by atoms with Gasteiger partial charge in [0, 0.05) is 49.4 Å². The highest BCUT2D eigenvalue weighted by atomic mass is 16.5. The molecule has 3 aliphatic heterocycles. The Bertz CT molecular complexity index is 1150. The minimum Gasteiger partial charge on any atom is -0.493 e. The molecule has 0 saturated carbocycles. The monoisotopic (exact) mass is 452 g/mol. The molecule has 1 aromatic heterocycles. The third kappa shape index (κ3) is 3.67. The van der Waals surface area contributed by atoms with Crippen molar-refractivity contribution in [3.05, 3.63) is 51.3 Å². The Morgan fingerprint density at radius 2 is 1.97 bits per heavy atom. The molecule has 0 N–H and O–H groups in total. The van der Waals surface area contributed by atoms with Gasteiger partial charge in [-0.2, -0.15) is 0 Å². The van der Waals surface area contributed by atoms with Gasteiger partial charge >= 0.3 is 0 Å². The van der Waals surface area contributed by atoms with Gasteiger partial charge < -0.3 is 14.2 Å². The van der Waals surface area contributed by atoms with Crippen molar-refractivity contribution in [2.45, 2.75) is 57.5 Å². The summed E-state index contributed by atoms with van der Waals surface area (Å²) >= 11 is 0. The first kappa shape index (κ1) is 22.2. The standard InChI is InChI=1S/C26H32N2O5/c1-16(29)21-13-27-23(12-24(21)30)19-10-18(17-14-32-15-17)25(33-9-5-8-31-4)11-20(19)22-6-7-26(2,3)28(22)27/h10-13,17,22H,5-9,14-15H2,1-4H3/t22-/m1/s1. The summed E-state index contributed by atoms with van der Waals surface area (Å²) in [7, 11) is 1.70. The number of rotatable bonds is 7. The minimum atomic E-state index is -0.233. The van der Waals surface area contributed by atoms with Gasteiger partial charge in [0.1, 0.15) is 5.75 Å². The summed E-state index contributed by atoms with van der Waals surface area (Å²) in [6.07, 6.45) is 4.57. The molecule has 7 heteroatoms. The zero-order chi connectivity index (χ0) is 23.3. The summed E-state index contributed by atoms with van der Waals surface area (Å²) in [4.78, 5) is 25.0. The second-order valence-electron chi connectivity index (χ2n) is 9.96. The van der Waals surface area contributed by atoms with Gasteiger partial charge in [0.2, 0.25) is 0 Å². The van der Waals surface area contributed by atoms with Crippen LogP contribution in [0.25, 0.3) is 11.3 Å². The van der Waals surface area contributed by atoms with Gasteiger partial charge in [-0.3, -0.25) is 19.3 Å². The van der Waals surface area contributed by atoms with Crippen molar-refractivity contribution in [2.24, 2.45) is 0 Å². The SMILES string of the molecule is COCCCOc1cc2c(cc1C1COC1)-c1cc(=O)c(C(C)=O)cn1N1[C@@H]2CCC1(C)C. The molecular weight excluding hydrogens is 420 g/mol. The van der Waals surface area contributed by atoms with Crippen molar-refractivity contribution in [3.8, 4) is 17.0 Å². The topological polar surface area (TPSA) is 70.0 Å². The normalized spacial score (nSPS) is 20.6. The van der Waals surface area contributed by atoms with E-state index < -0.39 is 0 Å². The van der Waals surface area contributed by atoms with E-state index in [2.05, 4.69) is 35.7 Å². The predicted octanol–water partition coefficient (Wildman–Crippen LogP) is 3.81. The van der Waals surface area contributed by atoms with Crippen LogP contribution in [0.1, 0.15) is 73.5 Å². The number of carbonyl (C=O) groups is 1. The lowest BCUT2D eigenvalue weighted by Gasteiger charge is -2.45. The number of pyridine rings is 1. The zero-order valence-electron chi connectivity index (χ0n) is 19.8. The lowest BCUT2D eigenvalue weighted by atomic mass is 9.87. The van der Waals surface area contributed by atoms with E-state index >= 15 is 0 Å². The molecule has 3 aliphatic rings. The smallest absolute Gasteiger partial charge is 0.193 e. The number of Topliss-reactive ketones (excluding diaryl/α,β-unsaturated/α-hetero) is 1. The van der Waals surface area contributed by atoms with Crippen LogP contribution in [0.2, 0.25) is 0 Å². The molecule has 176 valence electrons. The fraction of sp³-hybridized carbons (Fsp3) is 0.538. The molecule has 0 radical (unpaired) electrons. The Labute approximate surface area is 194 Å². The first-order valence-electron chi connectivity index (χ1n) is 11.8. The van der Waals surface area contributed by atoms with Crippen LogP contribution in [0.4, 0.5) is 0 Å². The van der Waals surface area contributed by atoms with Crippen LogP contribution in [-0.4, -0.2) is 49.5 Å². The molecule has 4 heterocycles. The zero-order valence-corrected chi connectivity index (χ0v) is 19.8. The molecule has 2 aromatic rings. The van der Waals surface area contributed by atoms with Gasteiger partial charge in [-0.05, 0) is 51.3 Å². The minimum absolute atomic E-state index is 0.111. The maximum absolute atomic E-state index is 12.8. The summed E-state index contributed by atoms with van der Waals surface area (Å²) in [6.45, 7) is 8.48. The molecule has 33 heavy (non-hydrogen) atoms. The van der Waals surface area contributed by atoms with E-state index in [1.54, 1.807) is 19.4 Å². The molecule has 0 aliphatic carbocycles. The van der Waals surface area contributed by atoms with Gasteiger partial charge in [0.05, 0.1) is 42.7 Å². The van der Waals surface area contributed by atoms with E-state index in [1.165, 1.54) is 12.5 Å². The number of ketones is 1. The summed E-state index contributed by atoms with van der Waals surface area (Å²) in [5.74, 6) is 0.975. The van der Waals surface area contributed by atoms with Crippen molar-refractivity contribution in [2.75, 3.05) is 38.5 Å². The number of aromatic nitrogens is 1. The molecule has 0 amide bonds. The van der Waals surface area contributed by atoms with E-state index in [1.807, 2.05) is 0 Å². The van der Waals surface area contributed by atoms with Crippen LogP contribution in [0.15, 0.2) is 29.2 Å². The quantitative estimate of drug-likeness (QED) is 0.470. The first-order chi connectivity index (χ1) is 15.8. The molecule has 2 saturated heterocycles. The van der Waals surface area contributed by atoms with Gasteiger partial charge in [-0.25, -0.2) is 0 Å². The number of fused-ring (bicyclic) bond motifs is 6. The van der Waals surface area contributed by atoms with Crippen molar-refractivity contribution < 1.29 is 19.0 Å². The predicted molar refractivity (Wildman–Crippen MR) is 126 cm³/mol. The summed E-state index contributed by atoms with van der Waals surface area (Å²) in [5, 5.41) is 2.33. The molecule has 0 unspecified atom stereocenters. The number of nitrogens with zero attached hydrogens (tertiary/aromatic N) is 2. The van der Waals surface area contributed by atoms with Crippen molar-refractivity contribution in [1.82, 2.24) is 4.68 Å². The van der Waals surface area contributed by atoms with Gasteiger partial charge in [0.15, 0.2) is 11.2 Å². The molecule has 0 bridgehead atoms. The Morgan fingerprint density at radius 3 is 2.64 bits per heavy atom. The van der Waals surface area contributed by atoms with Gasteiger partial charge in [-0.1, -0.05) is 0 Å². The summed E-state index contributed by atoms with van der Waals surface area (Å²) in [5.41, 5.74) is 4.07. The van der Waals surface area contributed by atoms with Crippen molar-refractivity contribution in [1.29, 1.82) is 0 Å². The third-order valence-corrected chi connectivity index (χ3v) is 7.23. The number of methoxy groups -OCH3 is 1. The van der Waals surface area contributed by atoms with Gasteiger partial charge in [0.25, 0.3) is 0 Å². The Morgan fingerprint density at radius 1 is 1.18 bits per heavy atom. The lowest BCUT2D eigenvalue weighted by molar-refractivity contribution is 0.00724. The number of carbonyl (C=O) groups excluding carboxylic acids is 1. The average Bonchev–Trinajstić information content (AvgIpc) is 3.05. The molecule has 7 nitrogen and oxygen atoms in total. The van der Waals surface area contributed by atoms with Crippen molar-refractivity contribution in [3.63, 3.8) is 0 Å². The largest absolute Gasteiger partial charge is 0.493 e. The Balaban J connectivity index is 1.68. The lowest BCUT2D eigenvalue weighted by Crippen LogP contribution is -2.50. The molecular formula is C26H32N2O5. The fourth-order valence-corrected chi connectivity index (χ4v) is 5.40. The van der Waals surface area contributed by atoms with Crippen LogP contribution >= 0.6 is 0 Å². The maximum Gasteiger partial charge on any atom is 0.193 e. The molecule has 2 fully saturated rings. The third-order valence-electron chi connectivity index (χ3n) is 7.23. The van der Waals surface area contributed by atoms with Crippen LogP contribution in [-0.2, 0) is 9.47 Å². The number of benzene rings is 1. The van der Waals surface area contributed by atoms with E-state index in [9.17, 15) is 9.59 Å². The first-order valence-corrected chi connectivity index (χ1v) is 11.8. The number of hydrogen-bond donors (Lipinski definition) is 0. The van der Waals surface area contributed by atoms with E-state index in [4.69, 9.17) is 14.2 Å². The number of hydrogen-bond acceptors (Lipinski definition) is 6. The Hall–Kier alpha value is -2.64. The highest BCUT2D eigenvalue weighted by Crippen LogP contribution is 2.50. The van der Waals surface area contributed by atoms with E-state index in [-0.39, 0.29) is 34.3 Å². The van der Waals surface area contributed by atoms with Crippen LogP contribution < -0.4 is 15.2 Å². The van der Waals surface area contributed by atoms with Crippen molar-refractivity contribution >= 4 is 5.78 Å². The summed E-state index contributed by atoms with van der Waals surface area (Å²) in [6, 6.07) is 6.15. The molecule has 1 atom stereocenters. The highest BCUT2D eigenvalue weighted by Gasteiger charge is 2.45. The molecule has 5 rings (SSSR count). The van der Waals surface area contributed by atoms with E-state index in [0.29, 0.717) is 26.4 Å². The van der Waals surface area contributed by atoms with Crippen LogP contribution in [0, 0.1) is 0 Å². The molecule has 0 spiro atoms. The fourth-order valence-electron chi connectivity index (χ4n) is 5.40. The van der Waals surface area contributed by atoms with E-state index in [0.717, 1.165) is 41.8 Å².